The van der Waals surface area contributed by atoms with Gasteiger partial charge < -0.3 is 4.74 Å². The molecule has 22 heavy (non-hydrogen) atoms. The third-order valence-corrected chi connectivity index (χ3v) is 4.49. The van der Waals surface area contributed by atoms with Gasteiger partial charge in [0.2, 0.25) is 0 Å². The van der Waals surface area contributed by atoms with E-state index < -0.39 is 16.1 Å². The molecule has 0 N–H and O–H groups in total. The van der Waals surface area contributed by atoms with Crippen LogP contribution in [0.2, 0.25) is 0 Å². The van der Waals surface area contributed by atoms with Crippen molar-refractivity contribution in [2.24, 2.45) is 0 Å². The summed E-state index contributed by atoms with van der Waals surface area (Å²) in [6, 6.07) is 6.24. The molecule has 1 aromatic rings. The Morgan fingerprint density at radius 2 is 2.00 bits per heavy atom. The van der Waals surface area contributed by atoms with Gasteiger partial charge in [0.25, 0.3) is 10.0 Å². The lowest BCUT2D eigenvalue weighted by atomic mass is 10.2. The Balaban J connectivity index is 2.97. The SMILES string of the molecule is C=C=CCCOC(=O)N(CC=C)S(=O)(=O)c1ccc(C)cc1. The summed E-state index contributed by atoms with van der Waals surface area (Å²) in [5, 5.41) is 0. The maximum Gasteiger partial charge on any atom is 0.424 e. The highest BCUT2D eigenvalue weighted by atomic mass is 32.2. The third-order valence-electron chi connectivity index (χ3n) is 2.74. The highest BCUT2D eigenvalue weighted by Gasteiger charge is 2.29. The molecule has 0 radical (unpaired) electrons. The molecule has 1 rings (SSSR count). The van der Waals surface area contributed by atoms with Crippen molar-refractivity contribution in [2.75, 3.05) is 13.2 Å². The van der Waals surface area contributed by atoms with Crippen LogP contribution in [0.15, 0.2) is 60.2 Å². The van der Waals surface area contributed by atoms with Crippen molar-refractivity contribution in [3.05, 3.63) is 60.9 Å². The van der Waals surface area contributed by atoms with Gasteiger partial charge in [-0.25, -0.2) is 13.2 Å². The van der Waals surface area contributed by atoms with Gasteiger partial charge >= 0.3 is 6.09 Å². The second kappa shape index (κ2) is 8.22. The van der Waals surface area contributed by atoms with Crippen LogP contribution in [0.4, 0.5) is 4.79 Å². The van der Waals surface area contributed by atoms with Gasteiger partial charge in [-0.15, -0.1) is 12.3 Å². The number of nitrogens with zero attached hydrogens (tertiary/aromatic N) is 1. The summed E-state index contributed by atoms with van der Waals surface area (Å²) in [6.45, 7) is 8.60. The first-order valence-electron chi connectivity index (χ1n) is 6.65. The zero-order valence-corrected chi connectivity index (χ0v) is 13.3. The summed E-state index contributed by atoms with van der Waals surface area (Å²) >= 11 is 0. The molecule has 0 atom stereocenters. The van der Waals surface area contributed by atoms with Crippen molar-refractivity contribution in [1.82, 2.24) is 4.31 Å². The lowest BCUT2D eigenvalue weighted by Crippen LogP contribution is -2.37. The number of benzene rings is 1. The Hall–Kier alpha value is -2.30. The van der Waals surface area contributed by atoms with Gasteiger partial charge in [0.05, 0.1) is 18.0 Å². The molecule has 0 saturated carbocycles. The van der Waals surface area contributed by atoms with Gasteiger partial charge in [-0.3, -0.25) is 0 Å². The monoisotopic (exact) mass is 321 g/mol. The Labute approximate surface area is 131 Å². The van der Waals surface area contributed by atoms with Gasteiger partial charge in [0, 0.05) is 6.42 Å². The molecule has 6 heteroatoms. The number of carbonyl (C=O) groups is 1. The molecular weight excluding hydrogens is 302 g/mol. The molecule has 118 valence electrons. The number of sulfonamides is 1. The van der Waals surface area contributed by atoms with Crippen molar-refractivity contribution < 1.29 is 17.9 Å². The molecule has 0 bridgehead atoms. The summed E-state index contributed by atoms with van der Waals surface area (Å²) in [6.07, 6.45) is 2.41. The second-order valence-electron chi connectivity index (χ2n) is 4.45. The summed E-state index contributed by atoms with van der Waals surface area (Å²) < 4.78 is 30.6. The van der Waals surface area contributed by atoms with E-state index in [0.29, 0.717) is 10.7 Å². The molecule has 0 fully saturated rings. The van der Waals surface area contributed by atoms with E-state index in [1.54, 1.807) is 18.2 Å². The highest BCUT2D eigenvalue weighted by Crippen LogP contribution is 2.17. The van der Waals surface area contributed by atoms with Crippen LogP contribution in [0, 0.1) is 6.92 Å². The van der Waals surface area contributed by atoms with Crippen LogP contribution in [0.25, 0.3) is 0 Å². The number of carbonyl (C=O) groups excluding carboxylic acids is 1. The molecule has 1 amide bonds. The van der Waals surface area contributed by atoms with Gasteiger partial charge in [0.1, 0.15) is 0 Å². The lowest BCUT2D eigenvalue weighted by Gasteiger charge is -2.20. The first kappa shape index (κ1) is 17.8. The lowest BCUT2D eigenvalue weighted by molar-refractivity contribution is 0.129. The van der Waals surface area contributed by atoms with E-state index in [4.69, 9.17) is 4.74 Å². The molecule has 0 spiro atoms. The van der Waals surface area contributed by atoms with Crippen LogP contribution in [-0.2, 0) is 14.8 Å². The number of amides is 1. The Kier molecular flexibility index (Phi) is 6.63. The molecule has 5 nitrogen and oxygen atoms in total. The fraction of sp³-hybridized carbons (Fsp3) is 0.250. The molecule has 0 aromatic heterocycles. The number of hydrogen-bond acceptors (Lipinski definition) is 4. The van der Waals surface area contributed by atoms with Crippen LogP contribution in [-0.4, -0.2) is 32.0 Å². The number of aryl methyl sites for hydroxylation is 1. The Morgan fingerprint density at radius 1 is 1.36 bits per heavy atom. The summed E-state index contributed by atoms with van der Waals surface area (Å²) in [7, 11) is -3.97. The topological polar surface area (TPSA) is 63.7 Å². The predicted octanol–water partition coefficient (Wildman–Crippen LogP) is 3.04. The Morgan fingerprint density at radius 3 is 2.55 bits per heavy atom. The maximum absolute atomic E-state index is 12.5. The molecule has 0 aliphatic heterocycles. The van der Waals surface area contributed by atoms with E-state index >= 15 is 0 Å². The van der Waals surface area contributed by atoms with E-state index in [9.17, 15) is 13.2 Å². The van der Waals surface area contributed by atoms with Crippen molar-refractivity contribution in [3.63, 3.8) is 0 Å². The molecule has 0 heterocycles. The van der Waals surface area contributed by atoms with E-state index in [2.05, 4.69) is 18.9 Å². The van der Waals surface area contributed by atoms with Gasteiger partial charge in [-0.05, 0) is 25.1 Å². The normalized spacial score (nSPS) is 10.4. The second-order valence-corrected chi connectivity index (χ2v) is 6.31. The van der Waals surface area contributed by atoms with Crippen LogP contribution >= 0.6 is 0 Å². The molecule has 1 aromatic carbocycles. The fourth-order valence-corrected chi connectivity index (χ4v) is 2.89. The number of ether oxygens (including phenoxy) is 1. The van der Waals surface area contributed by atoms with Crippen molar-refractivity contribution in [2.45, 2.75) is 18.2 Å². The largest absolute Gasteiger partial charge is 0.448 e. The van der Waals surface area contributed by atoms with E-state index in [0.717, 1.165) is 5.56 Å². The van der Waals surface area contributed by atoms with Crippen LogP contribution < -0.4 is 0 Å². The highest BCUT2D eigenvalue weighted by molar-refractivity contribution is 7.89. The molecule has 0 unspecified atom stereocenters. The van der Waals surface area contributed by atoms with Gasteiger partial charge in [-0.2, -0.15) is 4.31 Å². The first-order valence-corrected chi connectivity index (χ1v) is 8.09. The third kappa shape index (κ3) is 4.62. The molecule has 0 aliphatic rings. The predicted molar refractivity (Wildman–Crippen MR) is 84.9 cm³/mol. The van der Waals surface area contributed by atoms with E-state index in [-0.39, 0.29) is 18.0 Å². The summed E-state index contributed by atoms with van der Waals surface area (Å²) in [4.78, 5) is 12.0. The van der Waals surface area contributed by atoms with E-state index in [1.165, 1.54) is 18.2 Å². The summed E-state index contributed by atoms with van der Waals surface area (Å²) in [5.41, 5.74) is 3.47. The zero-order chi connectivity index (χ0) is 16.6. The van der Waals surface area contributed by atoms with Crippen molar-refractivity contribution >= 4 is 16.1 Å². The van der Waals surface area contributed by atoms with Crippen LogP contribution in [0.3, 0.4) is 0 Å². The summed E-state index contributed by atoms with van der Waals surface area (Å²) in [5.74, 6) is 0. The van der Waals surface area contributed by atoms with Crippen molar-refractivity contribution in [3.8, 4) is 0 Å². The maximum atomic E-state index is 12.5. The van der Waals surface area contributed by atoms with Crippen LogP contribution in [0.5, 0.6) is 0 Å². The molecular formula is C16H19NO4S. The van der Waals surface area contributed by atoms with Crippen LogP contribution in [0.1, 0.15) is 12.0 Å². The fourth-order valence-electron chi connectivity index (χ4n) is 1.60. The van der Waals surface area contributed by atoms with E-state index in [1.807, 2.05) is 6.92 Å². The molecule has 0 saturated heterocycles. The van der Waals surface area contributed by atoms with Crippen molar-refractivity contribution in [1.29, 1.82) is 0 Å². The average Bonchev–Trinajstić information content (AvgIpc) is 2.49. The molecule has 0 aliphatic carbocycles. The minimum Gasteiger partial charge on any atom is -0.448 e. The minimum absolute atomic E-state index is 0.0305. The number of rotatable bonds is 7. The first-order chi connectivity index (χ1) is 10.4. The smallest absolute Gasteiger partial charge is 0.424 e. The number of hydrogen-bond donors (Lipinski definition) is 0. The zero-order valence-electron chi connectivity index (χ0n) is 12.5. The van der Waals surface area contributed by atoms with Gasteiger partial charge in [0.15, 0.2) is 0 Å². The van der Waals surface area contributed by atoms with Gasteiger partial charge in [-0.1, -0.05) is 30.4 Å². The quantitative estimate of drug-likeness (QED) is 0.440. The Bertz CT molecular complexity index is 671. The standard InChI is InChI=1S/C16H19NO4S/c1-4-6-7-13-21-16(18)17(12-5-2)22(19,20)15-10-8-14(3)9-11-15/h5-6,8-11H,1-2,7,12-13H2,3H3. The minimum atomic E-state index is -3.97. The average molecular weight is 321 g/mol.